The van der Waals surface area contributed by atoms with Gasteiger partial charge in [0, 0.05) is 27.9 Å². The van der Waals surface area contributed by atoms with Gasteiger partial charge in [-0.2, -0.15) is 0 Å². The molecule has 5 heteroatoms. The van der Waals surface area contributed by atoms with Crippen LogP contribution in [0.5, 0.6) is 5.75 Å². The van der Waals surface area contributed by atoms with E-state index in [-0.39, 0.29) is 11.3 Å². The zero-order chi connectivity index (χ0) is 19.3. The predicted octanol–water partition coefficient (Wildman–Crippen LogP) is 5.46. The second-order valence-corrected chi connectivity index (χ2v) is 9.36. The molecule has 1 amide bonds. The van der Waals surface area contributed by atoms with Crippen molar-refractivity contribution in [3.05, 3.63) is 52.8 Å². The lowest BCUT2D eigenvalue weighted by atomic mass is 9.48. The molecule has 4 fully saturated rings. The molecule has 4 aliphatic rings. The molecule has 146 valence electrons. The number of ether oxygens (including phenoxy) is 1. The summed E-state index contributed by atoms with van der Waals surface area (Å²) in [6.45, 7) is 0. The molecule has 1 N–H and O–H groups in total. The highest BCUT2D eigenvalue weighted by molar-refractivity contribution is 6.31. The van der Waals surface area contributed by atoms with Crippen LogP contribution in [0.4, 0.5) is 5.69 Å². The van der Waals surface area contributed by atoms with Gasteiger partial charge in [0.1, 0.15) is 5.75 Å². The van der Waals surface area contributed by atoms with Crippen LogP contribution in [0.2, 0.25) is 5.02 Å². The maximum absolute atomic E-state index is 12.9. The molecule has 0 radical (unpaired) electrons. The highest BCUT2D eigenvalue weighted by Crippen LogP contribution is 2.60. The van der Waals surface area contributed by atoms with Gasteiger partial charge >= 0.3 is 0 Å². The third kappa shape index (κ3) is 3.08. The number of amides is 1. The Balaban J connectivity index is 1.42. The molecular weight excluding hydrogens is 372 g/mol. The molecule has 6 rings (SSSR count). The van der Waals surface area contributed by atoms with Crippen molar-refractivity contribution in [1.29, 1.82) is 0 Å². The largest absolute Gasteiger partial charge is 0.495 e. The Morgan fingerprint density at radius 1 is 1.11 bits per heavy atom. The Labute approximate surface area is 170 Å². The molecular formula is C23H25ClN2O2. The quantitative estimate of drug-likeness (QED) is 0.746. The number of nitrogens with zero attached hydrogens (tertiary/aromatic N) is 1. The number of carbonyl (C=O) groups excluding carboxylic acids is 1. The Kier molecular flexibility index (Phi) is 4.35. The Bertz CT molecular complexity index is 891. The van der Waals surface area contributed by atoms with Gasteiger partial charge in [-0.3, -0.25) is 9.78 Å². The van der Waals surface area contributed by atoms with Gasteiger partial charge in [0.2, 0.25) is 0 Å². The molecule has 1 aromatic heterocycles. The van der Waals surface area contributed by atoms with Gasteiger partial charge in [-0.05, 0) is 86.6 Å². The first-order valence-electron chi connectivity index (χ1n) is 10.2. The zero-order valence-electron chi connectivity index (χ0n) is 16.1. The van der Waals surface area contributed by atoms with Crippen LogP contribution in [-0.4, -0.2) is 18.0 Å². The van der Waals surface area contributed by atoms with Crippen LogP contribution in [0.1, 0.15) is 54.6 Å². The first-order chi connectivity index (χ1) is 13.5. The van der Waals surface area contributed by atoms with E-state index >= 15 is 0 Å². The monoisotopic (exact) mass is 396 g/mol. The maximum Gasteiger partial charge on any atom is 0.255 e. The normalized spacial score (nSPS) is 30.3. The summed E-state index contributed by atoms with van der Waals surface area (Å²) in [5.41, 5.74) is 2.51. The standard InChI is InChI=1S/C23H25ClN2O2/c1-28-20-3-2-18(24)10-19(20)26-22(27)17-4-5-25-21(9-17)23-11-14-6-15(12-23)8-16(7-14)13-23/h2-5,9-10,14-16H,6-8,11-13H2,1H3,(H,26,27). The molecule has 0 atom stereocenters. The lowest BCUT2D eigenvalue weighted by Gasteiger charge is -2.56. The summed E-state index contributed by atoms with van der Waals surface area (Å²) in [7, 11) is 1.58. The van der Waals surface area contributed by atoms with E-state index < -0.39 is 0 Å². The van der Waals surface area contributed by atoms with Gasteiger partial charge in [-0.25, -0.2) is 0 Å². The van der Waals surface area contributed by atoms with Gasteiger partial charge in [0.05, 0.1) is 12.8 Å². The van der Waals surface area contributed by atoms with Crippen LogP contribution in [0.3, 0.4) is 0 Å². The summed E-state index contributed by atoms with van der Waals surface area (Å²) in [5, 5.41) is 3.50. The van der Waals surface area contributed by atoms with Crippen LogP contribution in [0, 0.1) is 17.8 Å². The summed E-state index contributed by atoms with van der Waals surface area (Å²) in [5.74, 6) is 2.98. The fourth-order valence-corrected chi connectivity index (χ4v) is 6.43. The Hall–Kier alpha value is -2.07. The number of benzene rings is 1. The van der Waals surface area contributed by atoms with Gasteiger partial charge in [0.15, 0.2) is 0 Å². The fourth-order valence-electron chi connectivity index (χ4n) is 6.26. The van der Waals surface area contributed by atoms with Crippen molar-refractivity contribution in [2.75, 3.05) is 12.4 Å². The lowest BCUT2D eigenvalue weighted by Crippen LogP contribution is -2.49. The molecule has 28 heavy (non-hydrogen) atoms. The van der Waals surface area contributed by atoms with E-state index in [2.05, 4.69) is 5.32 Å². The Morgan fingerprint density at radius 3 is 2.43 bits per heavy atom. The molecule has 4 nitrogen and oxygen atoms in total. The third-order valence-electron chi connectivity index (χ3n) is 7.01. The maximum atomic E-state index is 12.9. The number of hydrogen-bond donors (Lipinski definition) is 1. The van der Waals surface area contributed by atoms with Crippen molar-refractivity contribution >= 4 is 23.2 Å². The second-order valence-electron chi connectivity index (χ2n) is 8.93. The summed E-state index contributed by atoms with van der Waals surface area (Å²) < 4.78 is 5.34. The summed E-state index contributed by atoms with van der Waals surface area (Å²) in [6, 6.07) is 9.01. The highest BCUT2D eigenvalue weighted by atomic mass is 35.5. The number of pyridine rings is 1. The zero-order valence-corrected chi connectivity index (χ0v) is 16.8. The van der Waals surface area contributed by atoms with Gasteiger partial charge in [-0.1, -0.05) is 11.6 Å². The van der Waals surface area contributed by atoms with Crippen molar-refractivity contribution < 1.29 is 9.53 Å². The Morgan fingerprint density at radius 2 is 1.79 bits per heavy atom. The molecule has 1 heterocycles. The predicted molar refractivity (Wildman–Crippen MR) is 110 cm³/mol. The number of nitrogens with one attached hydrogen (secondary N) is 1. The van der Waals surface area contributed by atoms with Crippen molar-refractivity contribution in [3.8, 4) is 5.75 Å². The van der Waals surface area contributed by atoms with E-state index in [1.165, 1.54) is 38.5 Å². The molecule has 4 saturated carbocycles. The topological polar surface area (TPSA) is 51.2 Å². The average molecular weight is 397 g/mol. The summed E-state index contributed by atoms with van der Waals surface area (Å²) in [4.78, 5) is 17.7. The smallest absolute Gasteiger partial charge is 0.255 e. The molecule has 4 aliphatic carbocycles. The summed E-state index contributed by atoms with van der Waals surface area (Å²) in [6.07, 6.45) is 9.69. The van der Waals surface area contributed by atoms with Crippen LogP contribution in [0.15, 0.2) is 36.5 Å². The van der Waals surface area contributed by atoms with E-state index in [1.807, 2.05) is 6.07 Å². The molecule has 2 aromatic rings. The highest BCUT2D eigenvalue weighted by Gasteiger charge is 2.52. The van der Waals surface area contributed by atoms with Gasteiger partial charge < -0.3 is 10.1 Å². The lowest BCUT2D eigenvalue weighted by molar-refractivity contribution is -0.00721. The molecule has 0 unspecified atom stereocenters. The third-order valence-corrected chi connectivity index (χ3v) is 7.25. The average Bonchev–Trinajstić information content (AvgIpc) is 2.67. The van der Waals surface area contributed by atoms with Crippen molar-refractivity contribution in [2.24, 2.45) is 17.8 Å². The minimum Gasteiger partial charge on any atom is -0.495 e. The molecule has 0 aliphatic heterocycles. The first kappa shape index (κ1) is 18.0. The van der Waals surface area contributed by atoms with E-state index in [1.54, 1.807) is 37.6 Å². The fraction of sp³-hybridized carbons (Fsp3) is 0.478. The number of anilines is 1. The number of carbonyl (C=O) groups is 1. The second kappa shape index (κ2) is 6.77. The van der Waals surface area contributed by atoms with Crippen molar-refractivity contribution in [3.63, 3.8) is 0 Å². The number of aromatic nitrogens is 1. The van der Waals surface area contributed by atoms with Gasteiger partial charge in [-0.15, -0.1) is 0 Å². The van der Waals surface area contributed by atoms with E-state index in [0.29, 0.717) is 22.0 Å². The number of rotatable bonds is 4. The SMILES string of the molecule is COc1ccc(Cl)cc1NC(=O)c1ccnc(C23CC4CC(CC(C4)C2)C3)c1. The van der Waals surface area contributed by atoms with E-state index in [0.717, 1.165) is 23.4 Å². The summed E-state index contributed by atoms with van der Waals surface area (Å²) >= 11 is 6.09. The van der Waals surface area contributed by atoms with Crippen LogP contribution in [0.25, 0.3) is 0 Å². The molecule has 0 saturated heterocycles. The van der Waals surface area contributed by atoms with Crippen LogP contribution < -0.4 is 10.1 Å². The molecule has 1 aromatic carbocycles. The van der Waals surface area contributed by atoms with E-state index in [9.17, 15) is 4.79 Å². The van der Waals surface area contributed by atoms with Gasteiger partial charge in [0.25, 0.3) is 5.91 Å². The van der Waals surface area contributed by atoms with Crippen LogP contribution in [-0.2, 0) is 5.41 Å². The van der Waals surface area contributed by atoms with Crippen molar-refractivity contribution in [1.82, 2.24) is 4.98 Å². The number of hydrogen-bond acceptors (Lipinski definition) is 3. The van der Waals surface area contributed by atoms with Crippen LogP contribution >= 0.6 is 11.6 Å². The minimum atomic E-state index is -0.158. The van der Waals surface area contributed by atoms with E-state index in [4.69, 9.17) is 21.3 Å². The van der Waals surface area contributed by atoms with Crippen molar-refractivity contribution in [2.45, 2.75) is 43.9 Å². The molecule has 4 bridgehead atoms. The first-order valence-corrected chi connectivity index (χ1v) is 10.5. The molecule has 0 spiro atoms. The number of methoxy groups -OCH3 is 1. The minimum absolute atomic E-state index is 0.158. The number of halogens is 1.